The molecular formula is C36H48N4O6. The van der Waals surface area contributed by atoms with Gasteiger partial charge < -0.3 is 28.9 Å². The molecule has 0 aromatic heterocycles. The second-order valence-corrected chi connectivity index (χ2v) is 13.0. The van der Waals surface area contributed by atoms with Crippen molar-refractivity contribution in [3.63, 3.8) is 0 Å². The summed E-state index contributed by atoms with van der Waals surface area (Å²) in [5.74, 6) is 1.27. The largest absolute Gasteiger partial charge is 0.493 e. The van der Waals surface area contributed by atoms with Gasteiger partial charge in [-0.25, -0.2) is 0 Å². The molecule has 0 radical (unpaired) electrons. The van der Waals surface area contributed by atoms with Gasteiger partial charge in [0, 0.05) is 44.8 Å². The molecule has 3 amide bonds. The van der Waals surface area contributed by atoms with Crippen molar-refractivity contribution in [1.82, 2.24) is 14.7 Å². The molecule has 0 N–H and O–H groups in total. The van der Waals surface area contributed by atoms with Gasteiger partial charge in [0.1, 0.15) is 6.17 Å². The molecule has 3 atom stereocenters. The van der Waals surface area contributed by atoms with Crippen molar-refractivity contribution >= 4 is 23.4 Å². The van der Waals surface area contributed by atoms with Crippen LogP contribution < -0.4 is 14.4 Å². The number of carbonyl (C=O) groups excluding carboxylic acids is 3. The minimum atomic E-state index is -0.564. The molecule has 0 bridgehead atoms. The average molecular weight is 633 g/mol. The number of hydrogen-bond donors (Lipinski definition) is 0. The third-order valence-corrected chi connectivity index (χ3v) is 10.4. The van der Waals surface area contributed by atoms with Crippen LogP contribution >= 0.6 is 0 Å². The molecule has 6 rings (SSSR count). The number of amides is 3. The first kappa shape index (κ1) is 32.3. The molecule has 46 heavy (non-hydrogen) atoms. The summed E-state index contributed by atoms with van der Waals surface area (Å²) in [6, 6.07) is 11.5. The van der Waals surface area contributed by atoms with E-state index in [0.717, 1.165) is 31.4 Å². The molecule has 4 aliphatic rings. The number of ether oxygens (including phenoxy) is 3. The van der Waals surface area contributed by atoms with Gasteiger partial charge in [-0.15, -0.1) is 0 Å². The first-order valence-corrected chi connectivity index (χ1v) is 17.0. The number of rotatable bonds is 13. The third kappa shape index (κ3) is 6.09. The molecule has 1 unspecified atom stereocenters. The lowest BCUT2D eigenvalue weighted by Gasteiger charge is -2.45. The van der Waals surface area contributed by atoms with Gasteiger partial charge in [0.15, 0.2) is 11.5 Å². The summed E-state index contributed by atoms with van der Waals surface area (Å²) >= 11 is 0. The third-order valence-electron chi connectivity index (χ3n) is 10.4. The Bertz CT molecular complexity index is 1430. The summed E-state index contributed by atoms with van der Waals surface area (Å²) in [6.07, 6.45) is 8.40. The number of nitrogens with zero attached hydrogens (tertiary/aromatic N) is 4. The topological polar surface area (TPSA) is 91.9 Å². The summed E-state index contributed by atoms with van der Waals surface area (Å²) in [4.78, 5) is 49.5. The van der Waals surface area contributed by atoms with Crippen LogP contribution in [-0.4, -0.2) is 99.1 Å². The first-order valence-electron chi connectivity index (χ1n) is 17.0. The number of anilines is 1. The van der Waals surface area contributed by atoms with E-state index in [1.54, 1.807) is 36.2 Å². The van der Waals surface area contributed by atoms with E-state index in [-0.39, 0.29) is 17.7 Å². The average Bonchev–Trinajstić information content (AvgIpc) is 3.39. The van der Waals surface area contributed by atoms with Crippen LogP contribution in [0.15, 0.2) is 36.4 Å². The zero-order valence-corrected chi connectivity index (χ0v) is 27.5. The van der Waals surface area contributed by atoms with E-state index in [1.807, 2.05) is 29.2 Å². The number of para-hydroxylation sites is 1. The van der Waals surface area contributed by atoms with Gasteiger partial charge >= 0.3 is 0 Å². The molecule has 4 aliphatic heterocycles. The summed E-state index contributed by atoms with van der Waals surface area (Å²) in [5, 5.41) is 0. The monoisotopic (exact) mass is 632 g/mol. The zero-order valence-electron chi connectivity index (χ0n) is 27.5. The Hall–Kier alpha value is -3.63. The van der Waals surface area contributed by atoms with Gasteiger partial charge in [-0.2, -0.15) is 0 Å². The Morgan fingerprint density at radius 2 is 1.74 bits per heavy atom. The maximum atomic E-state index is 13.9. The van der Waals surface area contributed by atoms with E-state index < -0.39 is 6.17 Å². The summed E-state index contributed by atoms with van der Waals surface area (Å²) in [5.41, 5.74) is 2.27. The highest BCUT2D eigenvalue weighted by Gasteiger charge is 2.49. The maximum absolute atomic E-state index is 13.9. The Kier molecular flexibility index (Phi) is 10.1. The molecule has 0 spiro atoms. The van der Waals surface area contributed by atoms with Crippen LogP contribution in [0.25, 0.3) is 0 Å². The lowest BCUT2D eigenvalue weighted by molar-refractivity contribution is -0.133. The predicted octanol–water partition coefficient (Wildman–Crippen LogP) is 5.12. The van der Waals surface area contributed by atoms with Gasteiger partial charge in [0.25, 0.3) is 11.8 Å². The summed E-state index contributed by atoms with van der Waals surface area (Å²) in [7, 11) is 4.76. The lowest BCUT2D eigenvalue weighted by atomic mass is 9.83. The van der Waals surface area contributed by atoms with Crippen LogP contribution in [0.2, 0.25) is 0 Å². The van der Waals surface area contributed by atoms with E-state index >= 15 is 0 Å². The van der Waals surface area contributed by atoms with E-state index in [4.69, 9.17) is 14.2 Å². The molecule has 2 saturated heterocycles. The molecular weight excluding hydrogens is 584 g/mol. The molecule has 2 aromatic rings. The highest BCUT2D eigenvalue weighted by molar-refractivity contribution is 6.18. The predicted molar refractivity (Wildman–Crippen MR) is 175 cm³/mol. The minimum Gasteiger partial charge on any atom is -0.493 e. The van der Waals surface area contributed by atoms with E-state index in [1.165, 1.54) is 52.3 Å². The van der Waals surface area contributed by atoms with Crippen molar-refractivity contribution in [2.75, 3.05) is 65.6 Å². The van der Waals surface area contributed by atoms with Gasteiger partial charge in [-0.3, -0.25) is 19.3 Å². The van der Waals surface area contributed by atoms with Gasteiger partial charge in [-0.1, -0.05) is 31.0 Å². The SMILES string of the molecule is COCCN(C[C@@H]1CCCN2CCCC[C@H]12)C(=O)CCCCCN1C(=O)c2ccccc2N2C(=O)c3c(ccc(OC)c3OC)C12. The Balaban J connectivity index is 1.11. The minimum absolute atomic E-state index is 0.0988. The van der Waals surface area contributed by atoms with Gasteiger partial charge in [0.05, 0.1) is 37.6 Å². The summed E-state index contributed by atoms with van der Waals surface area (Å²) < 4.78 is 16.5. The standard InChI is InChI=1S/C36H48N4O6/c1-44-23-22-38(24-25-12-11-20-37-19-10-8-14-28(25)37)31(41)16-5-4-9-21-39-34-27-17-18-30(45-2)33(46-3)32(27)36(43)40(34)29-15-7-6-13-26(29)35(39)42/h6-7,13,15,17-18,25,28,34H,4-5,8-12,14,16,19-24H2,1-3H3/t25-,28+,34?/m0/s1. The van der Waals surface area contributed by atoms with Crippen LogP contribution in [0, 0.1) is 5.92 Å². The van der Waals surface area contributed by atoms with Crippen molar-refractivity contribution in [3.05, 3.63) is 53.1 Å². The number of carbonyl (C=O) groups is 3. The van der Waals surface area contributed by atoms with Gasteiger partial charge in [-0.05, 0) is 75.7 Å². The van der Waals surface area contributed by atoms with Crippen molar-refractivity contribution in [3.8, 4) is 11.5 Å². The van der Waals surface area contributed by atoms with Crippen LogP contribution in [0.3, 0.4) is 0 Å². The van der Waals surface area contributed by atoms with Crippen LogP contribution in [-0.2, 0) is 9.53 Å². The molecule has 2 aromatic carbocycles. The molecule has 248 valence electrons. The Labute approximate surface area is 272 Å². The first-order chi connectivity index (χ1) is 22.5. The maximum Gasteiger partial charge on any atom is 0.264 e. The van der Waals surface area contributed by atoms with Crippen LogP contribution in [0.1, 0.15) is 90.2 Å². The number of unbranched alkanes of at least 4 members (excludes halogenated alkanes) is 2. The van der Waals surface area contributed by atoms with Crippen LogP contribution in [0.4, 0.5) is 5.69 Å². The Morgan fingerprint density at radius 1 is 0.913 bits per heavy atom. The second-order valence-electron chi connectivity index (χ2n) is 13.0. The van der Waals surface area contributed by atoms with Crippen molar-refractivity contribution in [2.24, 2.45) is 5.92 Å². The normalized spacial score (nSPS) is 22.2. The molecule has 0 aliphatic carbocycles. The van der Waals surface area contributed by atoms with Gasteiger partial charge in [0.2, 0.25) is 5.91 Å². The van der Waals surface area contributed by atoms with Crippen molar-refractivity contribution < 1.29 is 28.6 Å². The van der Waals surface area contributed by atoms with Crippen molar-refractivity contribution in [2.45, 2.75) is 70.0 Å². The van der Waals surface area contributed by atoms with E-state index in [2.05, 4.69) is 4.90 Å². The number of fused-ring (bicyclic) bond motifs is 6. The summed E-state index contributed by atoms with van der Waals surface area (Å²) in [6.45, 7) is 4.83. The van der Waals surface area contributed by atoms with Crippen LogP contribution in [0.5, 0.6) is 11.5 Å². The fraction of sp³-hybridized carbons (Fsp3) is 0.583. The molecule has 10 heteroatoms. The Morgan fingerprint density at radius 3 is 2.54 bits per heavy atom. The highest BCUT2D eigenvalue weighted by Crippen LogP contribution is 2.49. The van der Waals surface area contributed by atoms with Crippen molar-refractivity contribution in [1.29, 1.82) is 0 Å². The molecule has 10 nitrogen and oxygen atoms in total. The lowest BCUT2D eigenvalue weighted by Crippen LogP contribution is -2.52. The highest BCUT2D eigenvalue weighted by atomic mass is 16.5. The second kappa shape index (κ2) is 14.4. The smallest absolute Gasteiger partial charge is 0.264 e. The number of hydrogen-bond acceptors (Lipinski definition) is 7. The quantitative estimate of drug-likeness (QED) is 0.283. The number of methoxy groups -OCH3 is 3. The molecule has 2 fully saturated rings. The molecule has 4 heterocycles. The fourth-order valence-corrected chi connectivity index (χ4v) is 8.14. The van der Waals surface area contributed by atoms with E-state index in [0.29, 0.717) is 66.4 Å². The van der Waals surface area contributed by atoms with E-state index in [9.17, 15) is 14.4 Å². The number of piperidine rings is 2. The fourth-order valence-electron chi connectivity index (χ4n) is 8.14. The zero-order chi connectivity index (χ0) is 32.2. The molecule has 0 saturated carbocycles. The number of benzene rings is 2.